The first-order valence-electron chi connectivity index (χ1n) is 4.98. The van der Waals surface area contributed by atoms with Crippen molar-refractivity contribution < 1.29 is 4.74 Å². The van der Waals surface area contributed by atoms with Crippen LogP contribution in [0, 0.1) is 0 Å². The number of rotatable bonds is 2. The fourth-order valence-electron chi connectivity index (χ4n) is 1.52. The molecule has 2 aromatic rings. The molecule has 2 N–H and O–H groups in total. The molecule has 1 aromatic heterocycles. The van der Waals surface area contributed by atoms with E-state index in [1.54, 1.807) is 6.20 Å². The maximum atomic E-state index is 5.86. The van der Waals surface area contributed by atoms with Crippen LogP contribution in [0.5, 0.6) is 5.75 Å². The molecule has 1 heterocycles. The number of anilines is 1. The van der Waals surface area contributed by atoms with Gasteiger partial charge in [0, 0.05) is 17.3 Å². The molecule has 0 saturated heterocycles. The quantitative estimate of drug-likeness (QED) is 0.761. The van der Waals surface area contributed by atoms with Gasteiger partial charge in [-0.1, -0.05) is 0 Å². The average Bonchev–Trinajstić information content (AvgIpc) is 2.22. The maximum Gasteiger partial charge on any atom is 0.146 e. The van der Waals surface area contributed by atoms with Crippen LogP contribution in [0.4, 0.5) is 5.69 Å². The molecule has 0 aliphatic rings. The number of nitrogens with zero attached hydrogens (tertiary/aromatic N) is 1. The molecule has 0 radical (unpaired) electrons. The smallest absolute Gasteiger partial charge is 0.146 e. The van der Waals surface area contributed by atoms with Crippen molar-refractivity contribution in [3.8, 4) is 5.75 Å². The van der Waals surface area contributed by atoms with E-state index in [4.69, 9.17) is 10.5 Å². The number of ether oxygens (including phenoxy) is 1. The van der Waals surface area contributed by atoms with Gasteiger partial charge in [-0.3, -0.25) is 4.98 Å². The summed E-state index contributed by atoms with van der Waals surface area (Å²) in [7, 11) is 0. The minimum atomic E-state index is 0.138. The predicted molar refractivity (Wildman–Crippen MR) is 61.9 cm³/mol. The lowest BCUT2D eigenvalue weighted by atomic mass is 10.1. The lowest BCUT2D eigenvalue weighted by Gasteiger charge is -2.12. The summed E-state index contributed by atoms with van der Waals surface area (Å²) in [6, 6.07) is 7.54. The Morgan fingerprint density at radius 1 is 1.27 bits per heavy atom. The Labute approximate surface area is 88.9 Å². The number of pyridine rings is 1. The third kappa shape index (κ3) is 1.86. The summed E-state index contributed by atoms with van der Waals surface area (Å²) in [5.41, 5.74) is 7.42. The van der Waals surface area contributed by atoms with Crippen LogP contribution in [0.2, 0.25) is 0 Å². The summed E-state index contributed by atoms with van der Waals surface area (Å²) in [5, 5.41) is 0.940. The van der Waals surface area contributed by atoms with Crippen molar-refractivity contribution >= 4 is 16.6 Å². The van der Waals surface area contributed by atoms with Gasteiger partial charge in [-0.15, -0.1) is 0 Å². The average molecular weight is 202 g/mol. The van der Waals surface area contributed by atoms with E-state index in [9.17, 15) is 0 Å². The Morgan fingerprint density at radius 3 is 2.80 bits per heavy atom. The zero-order valence-electron chi connectivity index (χ0n) is 8.90. The Balaban J connectivity index is 2.61. The van der Waals surface area contributed by atoms with Gasteiger partial charge in [-0.25, -0.2) is 0 Å². The third-order valence-electron chi connectivity index (χ3n) is 2.13. The number of fused-ring (bicyclic) bond motifs is 1. The molecule has 0 spiro atoms. The van der Waals surface area contributed by atoms with Gasteiger partial charge < -0.3 is 10.5 Å². The van der Waals surface area contributed by atoms with Crippen molar-refractivity contribution in [3.63, 3.8) is 0 Å². The Kier molecular flexibility index (Phi) is 2.46. The van der Waals surface area contributed by atoms with E-state index in [2.05, 4.69) is 4.98 Å². The van der Waals surface area contributed by atoms with Crippen LogP contribution < -0.4 is 10.5 Å². The first-order valence-corrected chi connectivity index (χ1v) is 4.98. The van der Waals surface area contributed by atoms with Gasteiger partial charge >= 0.3 is 0 Å². The molecule has 0 aliphatic heterocycles. The van der Waals surface area contributed by atoms with E-state index in [0.29, 0.717) is 0 Å². The normalized spacial score (nSPS) is 10.9. The molecule has 2 rings (SSSR count). The fourth-order valence-corrected chi connectivity index (χ4v) is 1.52. The minimum absolute atomic E-state index is 0.138. The summed E-state index contributed by atoms with van der Waals surface area (Å²) in [6.07, 6.45) is 1.88. The summed E-state index contributed by atoms with van der Waals surface area (Å²) < 4.78 is 5.66. The van der Waals surface area contributed by atoms with E-state index in [-0.39, 0.29) is 6.10 Å². The number of aromatic nitrogens is 1. The topological polar surface area (TPSA) is 48.1 Å². The maximum absolute atomic E-state index is 5.86. The number of nitrogen functional groups attached to an aromatic ring is 1. The second kappa shape index (κ2) is 3.77. The number of hydrogen-bond acceptors (Lipinski definition) is 3. The Morgan fingerprint density at radius 2 is 2.07 bits per heavy atom. The largest absolute Gasteiger partial charge is 0.489 e. The number of hydrogen-bond donors (Lipinski definition) is 1. The highest BCUT2D eigenvalue weighted by molar-refractivity contribution is 5.94. The molecule has 0 bridgehead atoms. The van der Waals surface area contributed by atoms with Crippen LogP contribution >= 0.6 is 0 Å². The first kappa shape index (κ1) is 9.77. The van der Waals surface area contributed by atoms with Gasteiger partial charge in [-0.2, -0.15) is 0 Å². The van der Waals surface area contributed by atoms with Gasteiger partial charge in [0.15, 0.2) is 0 Å². The van der Waals surface area contributed by atoms with E-state index >= 15 is 0 Å². The van der Waals surface area contributed by atoms with Crippen molar-refractivity contribution in [1.82, 2.24) is 4.98 Å². The molecule has 0 aliphatic carbocycles. The number of nitrogens with two attached hydrogens (primary N) is 1. The molecule has 3 heteroatoms. The van der Waals surface area contributed by atoms with Gasteiger partial charge in [0.1, 0.15) is 11.3 Å². The fraction of sp³-hybridized carbons (Fsp3) is 0.250. The van der Waals surface area contributed by atoms with Crippen molar-refractivity contribution in [3.05, 3.63) is 30.5 Å². The van der Waals surface area contributed by atoms with Crippen LogP contribution in [-0.4, -0.2) is 11.1 Å². The van der Waals surface area contributed by atoms with Crippen LogP contribution in [0.25, 0.3) is 10.9 Å². The standard InChI is InChI=1S/C12H14N2O/c1-8(2)15-11-6-5-10(13)9-4-3-7-14-12(9)11/h3-8H,13H2,1-2H3. The molecule has 0 atom stereocenters. The molecule has 15 heavy (non-hydrogen) atoms. The van der Waals surface area contributed by atoms with E-state index < -0.39 is 0 Å². The van der Waals surface area contributed by atoms with Crippen molar-refractivity contribution in [2.75, 3.05) is 5.73 Å². The highest BCUT2D eigenvalue weighted by Gasteiger charge is 2.06. The minimum Gasteiger partial charge on any atom is -0.489 e. The van der Waals surface area contributed by atoms with Crippen LogP contribution in [0.15, 0.2) is 30.5 Å². The van der Waals surface area contributed by atoms with Gasteiger partial charge in [0.05, 0.1) is 6.10 Å². The Bertz CT molecular complexity index is 480. The van der Waals surface area contributed by atoms with Crippen molar-refractivity contribution in [2.45, 2.75) is 20.0 Å². The third-order valence-corrected chi connectivity index (χ3v) is 2.13. The highest BCUT2D eigenvalue weighted by Crippen LogP contribution is 2.28. The van der Waals surface area contributed by atoms with Crippen molar-refractivity contribution in [1.29, 1.82) is 0 Å². The van der Waals surface area contributed by atoms with E-state index in [0.717, 1.165) is 22.3 Å². The van der Waals surface area contributed by atoms with E-state index in [1.807, 2.05) is 38.1 Å². The van der Waals surface area contributed by atoms with Gasteiger partial charge in [0.2, 0.25) is 0 Å². The van der Waals surface area contributed by atoms with Gasteiger partial charge in [-0.05, 0) is 38.1 Å². The first-order chi connectivity index (χ1) is 7.18. The lowest BCUT2D eigenvalue weighted by Crippen LogP contribution is -2.06. The zero-order valence-corrected chi connectivity index (χ0v) is 8.90. The molecule has 78 valence electrons. The Hall–Kier alpha value is -1.77. The van der Waals surface area contributed by atoms with E-state index in [1.165, 1.54) is 0 Å². The monoisotopic (exact) mass is 202 g/mol. The van der Waals surface area contributed by atoms with Crippen LogP contribution in [0.3, 0.4) is 0 Å². The highest BCUT2D eigenvalue weighted by atomic mass is 16.5. The molecule has 0 saturated carbocycles. The zero-order chi connectivity index (χ0) is 10.8. The predicted octanol–water partition coefficient (Wildman–Crippen LogP) is 2.60. The molecule has 0 fully saturated rings. The SMILES string of the molecule is CC(C)Oc1ccc(N)c2cccnc12. The van der Waals surface area contributed by atoms with Crippen LogP contribution in [0.1, 0.15) is 13.8 Å². The van der Waals surface area contributed by atoms with Crippen molar-refractivity contribution in [2.24, 2.45) is 0 Å². The molecule has 0 unspecified atom stereocenters. The molecular formula is C12H14N2O. The molecule has 3 nitrogen and oxygen atoms in total. The molecular weight excluding hydrogens is 188 g/mol. The number of benzene rings is 1. The molecule has 1 aromatic carbocycles. The second-order valence-electron chi connectivity index (χ2n) is 3.72. The second-order valence-corrected chi connectivity index (χ2v) is 3.72. The summed E-state index contributed by atoms with van der Waals surface area (Å²) >= 11 is 0. The summed E-state index contributed by atoms with van der Waals surface area (Å²) in [5.74, 6) is 0.787. The summed E-state index contributed by atoms with van der Waals surface area (Å²) in [4.78, 5) is 4.29. The molecule has 0 amide bonds. The summed E-state index contributed by atoms with van der Waals surface area (Å²) in [6.45, 7) is 3.98. The lowest BCUT2D eigenvalue weighted by molar-refractivity contribution is 0.245. The van der Waals surface area contributed by atoms with Gasteiger partial charge in [0.25, 0.3) is 0 Å². The van der Waals surface area contributed by atoms with Crippen LogP contribution in [-0.2, 0) is 0 Å².